The summed E-state index contributed by atoms with van der Waals surface area (Å²) in [5.41, 5.74) is 0.756. The van der Waals surface area contributed by atoms with Crippen LogP contribution in [0.4, 0.5) is 0 Å². The molecule has 1 amide bonds. The third-order valence-electron chi connectivity index (χ3n) is 4.56. The number of carbonyl (C=O) groups is 2. The van der Waals surface area contributed by atoms with E-state index in [-0.39, 0.29) is 12.5 Å². The first-order chi connectivity index (χ1) is 12.5. The minimum atomic E-state index is -0.862. The smallest absolute Gasteiger partial charge is 0.308 e. The van der Waals surface area contributed by atoms with Crippen molar-refractivity contribution in [3.05, 3.63) is 29.3 Å². The number of likely N-dealkylation sites (tertiary alicyclic amines) is 1. The van der Waals surface area contributed by atoms with Crippen molar-refractivity contribution in [1.29, 1.82) is 0 Å². The first-order valence-electron chi connectivity index (χ1n) is 8.56. The van der Waals surface area contributed by atoms with Gasteiger partial charge in [0.1, 0.15) is 0 Å². The molecule has 0 spiro atoms. The van der Waals surface area contributed by atoms with E-state index in [0.717, 1.165) is 5.56 Å². The number of piperidine rings is 1. The number of hydrogen-bond donors (Lipinski definition) is 1. The third kappa shape index (κ3) is 3.85. The van der Waals surface area contributed by atoms with Crippen molar-refractivity contribution < 1.29 is 14.7 Å². The zero-order valence-corrected chi connectivity index (χ0v) is 15.1. The normalized spacial score (nSPS) is 18.5. The fourth-order valence-corrected chi connectivity index (χ4v) is 3.22. The van der Waals surface area contributed by atoms with Crippen LogP contribution in [-0.4, -0.2) is 55.2 Å². The van der Waals surface area contributed by atoms with Gasteiger partial charge in [-0.3, -0.25) is 9.59 Å². The highest BCUT2D eigenvalue weighted by atomic mass is 35.5. The van der Waals surface area contributed by atoms with Gasteiger partial charge in [0.25, 0.3) is 0 Å². The van der Waals surface area contributed by atoms with E-state index in [1.807, 2.05) is 6.92 Å². The van der Waals surface area contributed by atoms with Crippen molar-refractivity contribution in [2.24, 2.45) is 5.92 Å². The second-order valence-corrected chi connectivity index (χ2v) is 6.76. The summed E-state index contributed by atoms with van der Waals surface area (Å²) in [6.45, 7) is 2.65. The average molecular weight is 378 g/mol. The molecule has 1 aromatic carbocycles. The zero-order chi connectivity index (χ0) is 18.7. The SMILES string of the molecule is CCC(C(=O)N1CCC[C@H](C(=O)O)C1)n1nnc(-c2ccc(Cl)cc2)n1. The molecule has 1 aromatic heterocycles. The van der Waals surface area contributed by atoms with E-state index >= 15 is 0 Å². The van der Waals surface area contributed by atoms with Gasteiger partial charge in [-0.2, -0.15) is 4.80 Å². The van der Waals surface area contributed by atoms with Crippen LogP contribution in [-0.2, 0) is 9.59 Å². The zero-order valence-electron chi connectivity index (χ0n) is 14.4. The van der Waals surface area contributed by atoms with Gasteiger partial charge in [0.15, 0.2) is 6.04 Å². The number of tetrazole rings is 1. The average Bonchev–Trinajstić information content (AvgIpc) is 3.12. The molecule has 1 aliphatic rings. The lowest BCUT2D eigenvalue weighted by atomic mass is 9.97. The summed E-state index contributed by atoms with van der Waals surface area (Å²) in [4.78, 5) is 27.0. The Morgan fingerprint density at radius 1 is 1.35 bits per heavy atom. The van der Waals surface area contributed by atoms with Crippen molar-refractivity contribution in [2.75, 3.05) is 13.1 Å². The molecule has 1 N–H and O–H groups in total. The molecule has 138 valence electrons. The predicted octanol–water partition coefficient (Wildman–Crippen LogP) is 2.27. The molecule has 1 saturated heterocycles. The van der Waals surface area contributed by atoms with E-state index < -0.39 is 17.9 Å². The van der Waals surface area contributed by atoms with Crippen LogP contribution >= 0.6 is 11.6 Å². The van der Waals surface area contributed by atoms with Crippen molar-refractivity contribution in [3.8, 4) is 11.4 Å². The van der Waals surface area contributed by atoms with Crippen LogP contribution in [0.1, 0.15) is 32.2 Å². The lowest BCUT2D eigenvalue weighted by Gasteiger charge is -2.32. The highest BCUT2D eigenvalue weighted by molar-refractivity contribution is 6.30. The molecule has 0 bridgehead atoms. The number of carboxylic acid groups (broad SMARTS) is 1. The van der Waals surface area contributed by atoms with Gasteiger partial charge >= 0.3 is 5.97 Å². The number of carbonyl (C=O) groups excluding carboxylic acids is 1. The minimum absolute atomic E-state index is 0.168. The summed E-state index contributed by atoms with van der Waals surface area (Å²) in [7, 11) is 0. The van der Waals surface area contributed by atoms with Gasteiger partial charge < -0.3 is 10.0 Å². The van der Waals surface area contributed by atoms with E-state index in [1.165, 1.54) is 4.80 Å². The van der Waals surface area contributed by atoms with Crippen molar-refractivity contribution in [3.63, 3.8) is 0 Å². The number of aromatic nitrogens is 4. The molecule has 0 aliphatic carbocycles. The van der Waals surface area contributed by atoms with Gasteiger partial charge in [-0.05, 0) is 48.7 Å². The highest BCUT2D eigenvalue weighted by Gasteiger charge is 2.33. The van der Waals surface area contributed by atoms with Crippen LogP contribution in [0, 0.1) is 5.92 Å². The number of aliphatic carboxylic acids is 1. The molecular formula is C17H20ClN5O3. The summed E-state index contributed by atoms with van der Waals surface area (Å²) >= 11 is 5.89. The first-order valence-corrected chi connectivity index (χ1v) is 8.94. The molecule has 2 heterocycles. The highest BCUT2D eigenvalue weighted by Crippen LogP contribution is 2.22. The fraction of sp³-hybridized carbons (Fsp3) is 0.471. The van der Waals surface area contributed by atoms with Crippen molar-refractivity contribution in [1.82, 2.24) is 25.1 Å². The van der Waals surface area contributed by atoms with Crippen LogP contribution < -0.4 is 0 Å². The van der Waals surface area contributed by atoms with Gasteiger partial charge in [-0.1, -0.05) is 18.5 Å². The van der Waals surface area contributed by atoms with Crippen molar-refractivity contribution in [2.45, 2.75) is 32.2 Å². The van der Waals surface area contributed by atoms with E-state index in [1.54, 1.807) is 29.2 Å². The minimum Gasteiger partial charge on any atom is -0.481 e. The molecule has 2 aromatic rings. The molecule has 1 unspecified atom stereocenters. The number of halogens is 1. The summed E-state index contributed by atoms with van der Waals surface area (Å²) in [6.07, 6.45) is 1.77. The molecule has 1 fully saturated rings. The standard InChI is InChI=1S/C17H20ClN5O3/c1-2-14(16(24)22-9-3-4-12(10-22)17(25)26)23-20-15(19-21-23)11-5-7-13(18)8-6-11/h5-8,12,14H,2-4,9-10H2,1H3,(H,25,26)/t12-,14?/m0/s1. The first kappa shape index (κ1) is 18.3. The number of amides is 1. The van der Waals surface area contributed by atoms with Gasteiger partial charge in [-0.15, -0.1) is 10.2 Å². The Labute approximate surface area is 155 Å². The Morgan fingerprint density at radius 2 is 2.08 bits per heavy atom. The molecule has 1 aliphatic heterocycles. The van der Waals surface area contributed by atoms with E-state index in [4.69, 9.17) is 11.6 Å². The molecule has 3 rings (SSSR count). The summed E-state index contributed by atoms with van der Waals surface area (Å²) in [5.74, 6) is -1.13. The lowest BCUT2D eigenvalue weighted by molar-refractivity contribution is -0.146. The molecule has 9 heteroatoms. The topological polar surface area (TPSA) is 101 Å². The van der Waals surface area contributed by atoms with E-state index in [0.29, 0.717) is 36.7 Å². The molecule has 0 saturated carbocycles. The number of benzene rings is 1. The quantitative estimate of drug-likeness (QED) is 0.857. The Hall–Kier alpha value is -2.48. The summed E-state index contributed by atoms with van der Waals surface area (Å²) in [5, 5.41) is 22.2. The maximum Gasteiger partial charge on any atom is 0.308 e. The van der Waals surface area contributed by atoms with Gasteiger partial charge in [-0.25, -0.2) is 0 Å². The number of hydrogen-bond acceptors (Lipinski definition) is 5. The fourth-order valence-electron chi connectivity index (χ4n) is 3.10. The molecule has 8 nitrogen and oxygen atoms in total. The second-order valence-electron chi connectivity index (χ2n) is 6.33. The van der Waals surface area contributed by atoms with Crippen LogP contribution in [0.15, 0.2) is 24.3 Å². The van der Waals surface area contributed by atoms with Crippen molar-refractivity contribution >= 4 is 23.5 Å². The van der Waals surface area contributed by atoms with E-state index in [9.17, 15) is 14.7 Å². The number of carboxylic acids is 1. The Morgan fingerprint density at radius 3 is 2.73 bits per heavy atom. The molecule has 0 radical (unpaired) electrons. The Kier molecular flexibility index (Phi) is 5.51. The summed E-state index contributed by atoms with van der Waals surface area (Å²) < 4.78 is 0. The predicted molar refractivity (Wildman–Crippen MR) is 94.5 cm³/mol. The molecule has 26 heavy (non-hydrogen) atoms. The Balaban J connectivity index is 1.77. The third-order valence-corrected chi connectivity index (χ3v) is 4.82. The monoisotopic (exact) mass is 377 g/mol. The number of rotatable bonds is 5. The maximum absolute atomic E-state index is 12.9. The van der Waals surface area contributed by atoms with Crippen LogP contribution in [0.3, 0.4) is 0 Å². The van der Waals surface area contributed by atoms with E-state index in [2.05, 4.69) is 15.4 Å². The van der Waals surface area contributed by atoms with Crippen LogP contribution in [0.25, 0.3) is 11.4 Å². The van der Waals surface area contributed by atoms with Gasteiger partial charge in [0.05, 0.1) is 5.92 Å². The van der Waals surface area contributed by atoms with Gasteiger partial charge in [0.2, 0.25) is 11.7 Å². The Bertz CT molecular complexity index is 792. The molecule has 2 atom stereocenters. The maximum atomic E-state index is 12.9. The van der Waals surface area contributed by atoms with Crippen LogP contribution in [0.2, 0.25) is 5.02 Å². The summed E-state index contributed by atoms with van der Waals surface area (Å²) in [6, 6.07) is 6.44. The number of nitrogens with zero attached hydrogens (tertiary/aromatic N) is 5. The van der Waals surface area contributed by atoms with Gasteiger partial charge in [0, 0.05) is 23.7 Å². The lowest BCUT2D eigenvalue weighted by Crippen LogP contribution is -2.45. The van der Waals surface area contributed by atoms with Crippen LogP contribution in [0.5, 0.6) is 0 Å². The second kappa shape index (κ2) is 7.82. The molecular weight excluding hydrogens is 358 g/mol. The largest absolute Gasteiger partial charge is 0.481 e.